The van der Waals surface area contributed by atoms with Crippen molar-refractivity contribution in [1.29, 1.82) is 0 Å². The molecule has 1 fully saturated rings. The van der Waals surface area contributed by atoms with E-state index in [2.05, 4.69) is 22.9 Å². The molecule has 1 saturated heterocycles. The van der Waals surface area contributed by atoms with Gasteiger partial charge in [-0.3, -0.25) is 4.98 Å². The van der Waals surface area contributed by atoms with Crippen LogP contribution in [0.5, 0.6) is 0 Å². The molecule has 1 unspecified atom stereocenters. The zero-order chi connectivity index (χ0) is 11.4. The molecule has 0 aromatic carbocycles. The number of hydrogen-bond donors (Lipinski definition) is 1. The summed E-state index contributed by atoms with van der Waals surface area (Å²) in [6, 6.07) is 4.05. The fraction of sp³-hybridized carbons (Fsp3) is 0.583. The Hall–Kier alpha value is -1.13. The molecule has 0 saturated carbocycles. The van der Waals surface area contributed by atoms with Crippen molar-refractivity contribution in [3.8, 4) is 0 Å². The molecule has 1 atom stereocenters. The van der Waals surface area contributed by atoms with E-state index in [4.69, 9.17) is 10.5 Å². The van der Waals surface area contributed by atoms with Gasteiger partial charge in [0.2, 0.25) is 0 Å². The second-order valence-electron chi connectivity index (χ2n) is 4.15. The molecular weight excluding hydrogens is 202 g/mol. The smallest absolute Gasteiger partial charge is 0.0772 e. The Kier molecular flexibility index (Phi) is 3.74. The van der Waals surface area contributed by atoms with Crippen molar-refractivity contribution < 1.29 is 4.74 Å². The number of pyridine rings is 1. The quantitative estimate of drug-likeness (QED) is 0.814. The van der Waals surface area contributed by atoms with Crippen LogP contribution >= 0.6 is 0 Å². The standard InChI is InChI=1S/C12H19N3O/c1-10-9-15(6-3-7-16-10)12-4-2-5-14-11(12)8-13/h2,4-5,10H,3,6-9,13H2,1H3. The summed E-state index contributed by atoms with van der Waals surface area (Å²) in [5, 5.41) is 0. The van der Waals surface area contributed by atoms with Gasteiger partial charge in [0.05, 0.1) is 17.5 Å². The number of aromatic nitrogens is 1. The highest BCUT2D eigenvalue weighted by molar-refractivity contribution is 5.50. The molecule has 1 aromatic heterocycles. The van der Waals surface area contributed by atoms with E-state index >= 15 is 0 Å². The van der Waals surface area contributed by atoms with Crippen molar-refractivity contribution in [3.63, 3.8) is 0 Å². The third-order valence-electron chi connectivity index (χ3n) is 2.85. The first-order chi connectivity index (χ1) is 7.81. The van der Waals surface area contributed by atoms with Crippen molar-refractivity contribution in [2.75, 3.05) is 24.6 Å². The summed E-state index contributed by atoms with van der Waals surface area (Å²) in [4.78, 5) is 6.65. The molecule has 0 radical (unpaired) electrons. The number of anilines is 1. The van der Waals surface area contributed by atoms with Crippen LogP contribution < -0.4 is 10.6 Å². The van der Waals surface area contributed by atoms with Gasteiger partial charge in [0.1, 0.15) is 0 Å². The fourth-order valence-corrected chi connectivity index (χ4v) is 2.09. The Morgan fingerprint density at radius 3 is 3.31 bits per heavy atom. The molecule has 0 bridgehead atoms. The van der Waals surface area contributed by atoms with Crippen LogP contribution in [0.1, 0.15) is 19.0 Å². The lowest BCUT2D eigenvalue weighted by atomic mass is 10.2. The molecule has 4 nitrogen and oxygen atoms in total. The molecule has 88 valence electrons. The van der Waals surface area contributed by atoms with Crippen LogP contribution in [0.15, 0.2) is 18.3 Å². The SMILES string of the molecule is CC1CN(c2cccnc2CN)CCCO1. The third-order valence-corrected chi connectivity index (χ3v) is 2.85. The van der Waals surface area contributed by atoms with Gasteiger partial charge in [0.15, 0.2) is 0 Å². The van der Waals surface area contributed by atoms with E-state index in [0.29, 0.717) is 6.54 Å². The summed E-state index contributed by atoms with van der Waals surface area (Å²) >= 11 is 0. The lowest BCUT2D eigenvalue weighted by molar-refractivity contribution is 0.0821. The molecule has 2 N–H and O–H groups in total. The predicted molar refractivity (Wildman–Crippen MR) is 64.4 cm³/mol. The second kappa shape index (κ2) is 5.27. The van der Waals surface area contributed by atoms with E-state index in [0.717, 1.165) is 37.5 Å². The van der Waals surface area contributed by atoms with Crippen LogP contribution in [0.4, 0.5) is 5.69 Å². The topological polar surface area (TPSA) is 51.4 Å². The Morgan fingerprint density at radius 2 is 2.50 bits per heavy atom. The summed E-state index contributed by atoms with van der Waals surface area (Å²) in [6.45, 7) is 5.37. The van der Waals surface area contributed by atoms with Crippen molar-refractivity contribution in [2.24, 2.45) is 5.73 Å². The molecule has 4 heteroatoms. The first-order valence-electron chi connectivity index (χ1n) is 5.81. The molecule has 0 aliphatic carbocycles. The van der Waals surface area contributed by atoms with Gasteiger partial charge in [-0.05, 0) is 25.5 Å². The van der Waals surface area contributed by atoms with Crippen LogP contribution in [0.3, 0.4) is 0 Å². The second-order valence-corrected chi connectivity index (χ2v) is 4.15. The Balaban J connectivity index is 2.20. The van der Waals surface area contributed by atoms with E-state index < -0.39 is 0 Å². The minimum absolute atomic E-state index is 0.272. The maximum atomic E-state index is 5.71. The van der Waals surface area contributed by atoms with Gasteiger partial charge in [-0.2, -0.15) is 0 Å². The van der Waals surface area contributed by atoms with E-state index in [9.17, 15) is 0 Å². The zero-order valence-electron chi connectivity index (χ0n) is 9.72. The largest absolute Gasteiger partial charge is 0.377 e. The molecule has 2 rings (SSSR count). The fourth-order valence-electron chi connectivity index (χ4n) is 2.09. The highest BCUT2D eigenvalue weighted by Crippen LogP contribution is 2.20. The minimum Gasteiger partial charge on any atom is -0.377 e. The molecule has 2 heterocycles. The highest BCUT2D eigenvalue weighted by Gasteiger charge is 2.17. The molecule has 16 heavy (non-hydrogen) atoms. The maximum absolute atomic E-state index is 5.71. The Morgan fingerprint density at radius 1 is 1.62 bits per heavy atom. The van der Waals surface area contributed by atoms with Crippen LogP contribution in [0.2, 0.25) is 0 Å². The van der Waals surface area contributed by atoms with E-state index in [1.165, 1.54) is 0 Å². The number of nitrogens with zero attached hydrogens (tertiary/aromatic N) is 2. The van der Waals surface area contributed by atoms with Gasteiger partial charge in [0, 0.05) is 32.4 Å². The normalized spacial score (nSPS) is 21.9. The predicted octanol–water partition coefficient (Wildman–Crippen LogP) is 1.16. The van der Waals surface area contributed by atoms with Gasteiger partial charge in [-0.25, -0.2) is 0 Å². The van der Waals surface area contributed by atoms with Crippen molar-refractivity contribution in [3.05, 3.63) is 24.0 Å². The zero-order valence-corrected chi connectivity index (χ0v) is 9.72. The molecule has 1 aliphatic heterocycles. The van der Waals surface area contributed by atoms with Crippen LogP contribution in [0.25, 0.3) is 0 Å². The van der Waals surface area contributed by atoms with E-state index in [-0.39, 0.29) is 6.10 Å². The number of nitrogens with two attached hydrogens (primary N) is 1. The van der Waals surface area contributed by atoms with E-state index in [1.54, 1.807) is 6.20 Å². The first-order valence-corrected chi connectivity index (χ1v) is 5.81. The molecule has 0 amide bonds. The molecule has 0 spiro atoms. The molecule has 1 aromatic rings. The number of hydrogen-bond acceptors (Lipinski definition) is 4. The van der Waals surface area contributed by atoms with Crippen molar-refractivity contribution in [2.45, 2.75) is 26.0 Å². The highest BCUT2D eigenvalue weighted by atomic mass is 16.5. The van der Waals surface area contributed by atoms with Gasteiger partial charge in [-0.1, -0.05) is 0 Å². The van der Waals surface area contributed by atoms with Crippen molar-refractivity contribution in [1.82, 2.24) is 4.98 Å². The summed E-state index contributed by atoms with van der Waals surface area (Å²) in [6.07, 6.45) is 3.13. The van der Waals surface area contributed by atoms with Gasteiger partial charge in [0.25, 0.3) is 0 Å². The first kappa shape index (κ1) is 11.4. The summed E-state index contributed by atoms with van der Waals surface area (Å²) in [5.41, 5.74) is 7.83. The monoisotopic (exact) mass is 221 g/mol. The lowest BCUT2D eigenvalue weighted by Gasteiger charge is -2.25. The number of ether oxygens (including phenoxy) is 1. The maximum Gasteiger partial charge on any atom is 0.0772 e. The Labute approximate surface area is 96.4 Å². The van der Waals surface area contributed by atoms with Gasteiger partial charge in [-0.15, -0.1) is 0 Å². The summed E-state index contributed by atoms with van der Waals surface area (Å²) in [7, 11) is 0. The minimum atomic E-state index is 0.272. The molecule has 1 aliphatic rings. The van der Waals surface area contributed by atoms with Crippen LogP contribution in [-0.4, -0.2) is 30.8 Å². The Bertz CT molecular complexity index is 343. The van der Waals surface area contributed by atoms with Gasteiger partial charge >= 0.3 is 0 Å². The molecular formula is C12H19N3O. The average Bonchev–Trinajstić information content (AvgIpc) is 2.54. The third kappa shape index (κ3) is 2.51. The van der Waals surface area contributed by atoms with Gasteiger partial charge < -0.3 is 15.4 Å². The summed E-state index contributed by atoms with van der Waals surface area (Å²) in [5.74, 6) is 0. The van der Waals surface area contributed by atoms with Crippen molar-refractivity contribution >= 4 is 5.69 Å². The summed E-state index contributed by atoms with van der Waals surface area (Å²) < 4.78 is 5.63. The lowest BCUT2D eigenvalue weighted by Crippen LogP contribution is -2.31. The van der Waals surface area contributed by atoms with Crippen LogP contribution in [-0.2, 0) is 11.3 Å². The van der Waals surface area contributed by atoms with E-state index in [1.807, 2.05) is 6.07 Å². The average molecular weight is 221 g/mol. The van der Waals surface area contributed by atoms with Crippen LogP contribution in [0, 0.1) is 0 Å². The number of rotatable bonds is 2.